The molecule has 0 aliphatic rings. The van der Waals surface area contributed by atoms with Crippen LogP contribution in [-0.2, 0) is 0 Å². The Morgan fingerprint density at radius 2 is 1.50 bits per heavy atom. The van der Waals surface area contributed by atoms with Crippen molar-refractivity contribution in [1.82, 2.24) is 0 Å². The van der Waals surface area contributed by atoms with Gasteiger partial charge in [0.25, 0.3) is 0 Å². The molecule has 12 heavy (non-hydrogen) atoms. The molecule has 0 spiro atoms. The van der Waals surface area contributed by atoms with Gasteiger partial charge >= 0.3 is 91.6 Å². The summed E-state index contributed by atoms with van der Waals surface area (Å²) in [6.07, 6.45) is 4.38. The van der Waals surface area contributed by atoms with Crippen molar-refractivity contribution in [3.05, 3.63) is 0 Å². The van der Waals surface area contributed by atoms with E-state index in [4.69, 9.17) is 0 Å². The number of unbranched alkanes of at least 4 members (excludes halogenated alkanes) is 1. The molecule has 0 aromatic carbocycles. The van der Waals surface area contributed by atoms with E-state index in [0.29, 0.717) is 0 Å². The van der Waals surface area contributed by atoms with Crippen LogP contribution in [0.2, 0.25) is 0 Å². The summed E-state index contributed by atoms with van der Waals surface area (Å²) in [5.41, 5.74) is 1.94. The van der Waals surface area contributed by atoms with Crippen molar-refractivity contribution >= 4 is 26.7 Å². The predicted molar refractivity (Wildman–Crippen MR) is 65.5 cm³/mol. The van der Waals surface area contributed by atoms with Gasteiger partial charge in [-0.25, -0.2) is 0 Å². The van der Waals surface area contributed by atoms with E-state index in [-0.39, 0.29) is 0 Å². The van der Waals surface area contributed by atoms with E-state index in [0.717, 1.165) is 11.3 Å². The third kappa shape index (κ3) is 3.53. The van der Waals surface area contributed by atoms with Crippen LogP contribution in [0.4, 0.5) is 0 Å². The Kier molecular flexibility index (Phi) is 6.44. The van der Waals surface area contributed by atoms with Crippen LogP contribution in [0.5, 0.6) is 0 Å². The van der Waals surface area contributed by atoms with Gasteiger partial charge in [0.15, 0.2) is 0 Å². The molecule has 0 bridgehead atoms. The van der Waals surface area contributed by atoms with Crippen molar-refractivity contribution in [2.45, 2.75) is 58.8 Å². The van der Waals surface area contributed by atoms with Crippen LogP contribution in [-0.4, -0.2) is 39.2 Å². The van der Waals surface area contributed by atoms with Gasteiger partial charge in [0, 0.05) is 0 Å². The van der Waals surface area contributed by atoms with Crippen LogP contribution in [0.15, 0.2) is 0 Å². The molecule has 2 heteroatoms. The summed E-state index contributed by atoms with van der Waals surface area (Å²) in [5.74, 6) is 0. The number of hydrogen-bond donors (Lipinski definition) is 0. The maximum absolute atomic E-state index is 2.43. The van der Waals surface area contributed by atoms with Gasteiger partial charge in [-0.3, -0.25) is 0 Å². The van der Waals surface area contributed by atoms with E-state index in [1.807, 2.05) is 0 Å². The summed E-state index contributed by atoms with van der Waals surface area (Å²) in [5, 5.41) is 0. The Hall–Kier alpha value is 1.22. The minimum atomic E-state index is -0.875. The van der Waals surface area contributed by atoms with Gasteiger partial charge < -0.3 is 0 Å². The molecule has 0 unspecified atom stereocenters. The number of rotatable bonds is 5. The Morgan fingerprint density at radius 3 is 1.75 bits per heavy atom. The molecule has 0 radical (unpaired) electrons. The molecule has 0 rings (SSSR count). The normalized spacial score (nSPS) is 14.3. The second-order valence-corrected chi connectivity index (χ2v) is 16.3. The quantitative estimate of drug-likeness (QED) is 0.540. The first-order chi connectivity index (χ1) is 5.45. The molecule has 0 heterocycles. The third-order valence-corrected chi connectivity index (χ3v) is 18.8. The average Bonchev–Trinajstić information content (AvgIpc) is 1.99. The van der Waals surface area contributed by atoms with Crippen LogP contribution in [0.25, 0.3) is 0 Å². The zero-order chi connectivity index (χ0) is 9.78. The van der Waals surface area contributed by atoms with E-state index in [2.05, 4.69) is 56.4 Å². The zero-order valence-electron chi connectivity index (χ0n) is 9.22. The fourth-order valence-electron chi connectivity index (χ4n) is 1.70. The summed E-state index contributed by atoms with van der Waals surface area (Å²) in [6, 6.07) is 0. The van der Waals surface area contributed by atoms with Crippen LogP contribution in [0.1, 0.15) is 47.5 Å². The van der Waals surface area contributed by atoms with Gasteiger partial charge in [-0.2, -0.15) is 0 Å². The summed E-state index contributed by atoms with van der Waals surface area (Å²) in [4.78, 5) is -0.875. The molecule has 0 aliphatic carbocycles. The first-order valence-corrected chi connectivity index (χ1v) is 11.3. The van der Waals surface area contributed by atoms with Gasteiger partial charge in [0.1, 0.15) is 0 Å². The van der Waals surface area contributed by atoms with Crippen molar-refractivity contribution < 1.29 is 0 Å². The fourth-order valence-corrected chi connectivity index (χ4v) is 6.47. The molecule has 0 aromatic heterocycles. The number of hydrogen-bond acceptors (Lipinski definition) is 0. The monoisotopic (exact) mass is 306 g/mol. The topological polar surface area (TPSA) is 0 Å². The molecule has 0 aromatic rings. The Bertz CT molecular complexity index is 113. The van der Waals surface area contributed by atoms with E-state index < -0.39 is 4.95 Å². The first-order valence-electron chi connectivity index (χ1n) is 5.17. The molecule has 0 N–H and O–H groups in total. The van der Waals surface area contributed by atoms with Gasteiger partial charge in [-0.1, -0.05) is 0 Å². The predicted octanol–water partition coefficient (Wildman–Crippen LogP) is 3.17. The minimum absolute atomic E-state index is 0.875. The van der Waals surface area contributed by atoms with Crippen molar-refractivity contribution in [1.29, 1.82) is 0 Å². The molecule has 0 saturated heterocycles. The SMILES string of the molecule is CCCC[PH]([TeH])(C(C)C)C(C)C. The molecular weight excluding hydrogens is 279 g/mol. The van der Waals surface area contributed by atoms with Gasteiger partial charge in [-0.15, -0.1) is 0 Å². The molecule has 0 atom stereocenters. The van der Waals surface area contributed by atoms with Gasteiger partial charge in [-0.05, 0) is 0 Å². The van der Waals surface area contributed by atoms with Crippen LogP contribution < -0.4 is 0 Å². The van der Waals surface area contributed by atoms with Gasteiger partial charge in [0.2, 0.25) is 0 Å². The Balaban J connectivity index is 4.19. The van der Waals surface area contributed by atoms with Crippen molar-refractivity contribution in [3.8, 4) is 0 Å². The molecule has 0 fully saturated rings. The molecule has 0 amide bonds. The summed E-state index contributed by atoms with van der Waals surface area (Å²) >= 11 is 2.19. The Morgan fingerprint density at radius 1 is 1.08 bits per heavy atom. The molecule has 0 nitrogen and oxygen atoms in total. The van der Waals surface area contributed by atoms with E-state index in [1.165, 1.54) is 12.8 Å². The third-order valence-electron chi connectivity index (χ3n) is 2.93. The zero-order valence-corrected chi connectivity index (χ0v) is 12.8. The standard InChI is InChI=1S/C10H25PTe/c1-6-7-8-11(12,9(2)3)10(4)5/h9-12H,6-8H2,1-5H3. The summed E-state index contributed by atoms with van der Waals surface area (Å²) in [6.45, 7) is 12.0. The van der Waals surface area contributed by atoms with Crippen molar-refractivity contribution in [3.63, 3.8) is 0 Å². The summed E-state index contributed by atoms with van der Waals surface area (Å²) < 4.78 is 0. The van der Waals surface area contributed by atoms with Crippen molar-refractivity contribution in [2.24, 2.45) is 0 Å². The molecule has 76 valence electrons. The summed E-state index contributed by atoms with van der Waals surface area (Å²) in [7, 11) is 0. The van der Waals surface area contributed by atoms with Gasteiger partial charge in [0.05, 0.1) is 0 Å². The molecular formula is C10H25PTe. The van der Waals surface area contributed by atoms with E-state index >= 15 is 0 Å². The Labute approximate surface area is 91.5 Å². The van der Waals surface area contributed by atoms with Crippen LogP contribution in [0.3, 0.4) is 0 Å². The maximum atomic E-state index is 2.43. The van der Waals surface area contributed by atoms with Crippen LogP contribution >= 0.6 is 4.95 Å². The van der Waals surface area contributed by atoms with E-state index in [1.54, 1.807) is 6.16 Å². The fraction of sp³-hybridized carbons (Fsp3) is 1.00. The second-order valence-electron chi connectivity index (χ2n) is 4.40. The van der Waals surface area contributed by atoms with Crippen LogP contribution in [0, 0.1) is 0 Å². The van der Waals surface area contributed by atoms with E-state index in [9.17, 15) is 0 Å². The van der Waals surface area contributed by atoms with Crippen molar-refractivity contribution in [2.75, 3.05) is 6.16 Å². The molecule has 0 saturated carbocycles. The first kappa shape index (κ1) is 13.2. The second kappa shape index (κ2) is 5.85. The average molecular weight is 304 g/mol. The molecule has 0 aliphatic heterocycles.